The Morgan fingerprint density at radius 3 is 2.47 bits per heavy atom. The van der Waals surface area contributed by atoms with Crippen LogP contribution in [-0.4, -0.2) is 24.0 Å². The monoisotopic (exact) mass is 239 g/mol. The average molecular weight is 239 g/mol. The summed E-state index contributed by atoms with van der Waals surface area (Å²) in [5.41, 5.74) is -0.103. The molecule has 98 valence electrons. The fourth-order valence-electron chi connectivity index (χ4n) is 3.34. The van der Waals surface area contributed by atoms with E-state index in [1.807, 2.05) is 0 Å². The molecule has 2 aliphatic rings. The lowest BCUT2D eigenvalue weighted by atomic mass is 9.73. The third kappa shape index (κ3) is 3.44. The van der Waals surface area contributed by atoms with Gasteiger partial charge in [-0.2, -0.15) is 0 Å². The van der Waals surface area contributed by atoms with Gasteiger partial charge in [-0.15, -0.1) is 0 Å². The predicted molar refractivity (Wildman–Crippen MR) is 68.5 cm³/mol. The SMILES string of the molecule is CC(C)(C)NC(=O)[C@@H]1C[C@@H]2CCCC[C@H]2C[NH2+]1. The zero-order chi connectivity index (χ0) is 12.5. The van der Waals surface area contributed by atoms with E-state index in [9.17, 15) is 4.79 Å². The van der Waals surface area contributed by atoms with E-state index in [1.165, 1.54) is 25.7 Å². The minimum absolute atomic E-state index is 0.103. The van der Waals surface area contributed by atoms with E-state index >= 15 is 0 Å². The molecule has 1 heterocycles. The van der Waals surface area contributed by atoms with Crippen molar-refractivity contribution in [3.05, 3.63) is 0 Å². The quantitative estimate of drug-likeness (QED) is 0.706. The first-order chi connectivity index (χ1) is 7.96. The van der Waals surface area contributed by atoms with E-state index in [-0.39, 0.29) is 17.5 Å². The molecule has 0 aromatic heterocycles. The van der Waals surface area contributed by atoms with Crippen LogP contribution in [0.1, 0.15) is 52.9 Å². The molecule has 3 N–H and O–H groups in total. The summed E-state index contributed by atoms with van der Waals surface area (Å²) in [6.45, 7) is 7.32. The summed E-state index contributed by atoms with van der Waals surface area (Å²) in [5, 5.41) is 5.39. The number of nitrogens with two attached hydrogens (primary N) is 1. The fourth-order valence-corrected chi connectivity index (χ4v) is 3.34. The number of fused-ring (bicyclic) bond motifs is 1. The van der Waals surface area contributed by atoms with Crippen molar-refractivity contribution in [3.8, 4) is 0 Å². The van der Waals surface area contributed by atoms with E-state index in [0.29, 0.717) is 0 Å². The first-order valence-corrected chi connectivity index (χ1v) is 7.11. The van der Waals surface area contributed by atoms with E-state index < -0.39 is 0 Å². The van der Waals surface area contributed by atoms with Crippen LogP contribution in [0.15, 0.2) is 0 Å². The highest BCUT2D eigenvalue weighted by molar-refractivity contribution is 5.80. The number of carbonyl (C=O) groups is 1. The molecule has 17 heavy (non-hydrogen) atoms. The summed E-state index contributed by atoms with van der Waals surface area (Å²) in [5.74, 6) is 1.92. The summed E-state index contributed by atoms with van der Waals surface area (Å²) in [4.78, 5) is 12.1. The molecule has 3 atom stereocenters. The largest absolute Gasteiger partial charge is 0.346 e. The maximum absolute atomic E-state index is 12.1. The molecule has 3 heteroatoms. The predicted octanol–water partition coefficient (Wildman–Crippen LogP) is 1.04. The second-order valence-corrected chi connectivity index (χ2v) is 6.86. The highest BCUT2D eigenvalue weighted by atomic mass is 16.2. The zero-order valence-corrected chi connectivity index (χ0v) is 11.5. The Balaban J connectivity index is 1.89. The van der Waals surface area contributed by atoms with Crippen molar-refractivity contribution in [2.24, 2.45) is 11.8 Å². The van der Waals surface area contributed by atoms with Gasteiger partial charge in [0, 0.05) is 17.9 Å². The molecule has 0 aromatic rings. The molecule has 0 spiro atoms. The van der Waals surface area contributed by atoms with Gasteiger partial charge in [-0.1, -0.05) is 12.8 Å². The molecule has 2 rings (SSSR count). The lowest BCUT2D eigenvalue weighted by molar-refractivity contribution is -0.694. The number of hydrogen-bond acceptors (Lipinski definition) is 1. The Bertz CT molecular complexity index is 282. The number of piperidine rings is 1. The van der Waals surface area contributed by atoms with Crippen molar-refractivity contribution in [3.63, 3.8) is 0 Å². The maximum atomic E-state index is 12.1. The van der Waals surface area contributed by atoms with E-state index in [0.717, 1.165) is 24.8 Å². The van der Waals surface area contributed by atoms with E-state index in [2.05, 4.69) is 31.4 Å². The molecule has 0 unspecified atom stereocenters. The smallest absolute Gasteiger partial charge is 0.278 e. The summed E-state index contributed by atoms with van der Waals surface area (Å²) >= 11 is 0. The van der Waals surface area contributed by atoms with Crippen LogP contribution in [0.4, 0.5) is 0 Å². The number of rotatable bonds is 1. The van der Waals surface area contributed by atoms with Gasteiger partial charge in [0.15, 0.2) is 6.04 Å². The third-order valence-corrected chi connectivity index (χ3v) is 4.18. The normalized spacial score (nSPS) is 33.9. The molecule has 1 amide bonds. The van der Waals surface area contributed by atoms with Gasteiger partial charge in [-0.05, 0) is 39.5 Å². The second-order valence-electron chi connectivity index (χ2n) is 6.86. The first-order valence-electron chi connectivity index (χ1n) is 7.11. The third-order valence-electron chi connectivity index (χ3n) is 4.18. The second kappa shape index (κ2) is 4.97. The van der Waals surface area contributed by atoms with Gasteiger partial charge < -0.3 is 10.6 Å². The Labute approximate surface area is 105 Å². The van der Waals surface area contributed by atoms with Gasteiger partial charge >= 0.3 is 0 Å². The summed E-state index contributed by atoms with van der Waals surface area (Å²) in [6.07, 6.45) is 6.59. The van der Waals surface area contributed by atoms with E-state index in [4.69, 9.17) is 0 Å². The highest BCUT2D eigenvalue weighted by Gasteiger charge is 2.38. The van der Waals surface area contributed by atoms with E-state index in [1.54, 1.807) is 0 Å². The summed E-state index contributed by atoms with van der Waals surface area (Å²) < 4.78 is 0. The van der Waals surface area contributed by atoms with Crippen molar-refractivity contribution in [2.45, 2.75) is 64.5 Å². The Morgan fingerprint density at radius 2 is 1.82 bits per heavy atom. The van der Waals surface area contributed by atoms with Crippen LogP contribution in [0, 0.1) is 11.8 Å². The topological polar surface area (TPSA) is 45.7 Å². The molecule has 3 nitrogen and oxygen atoms in total. The van der Waals surface area contributed by atoms with Crippen LogP contribution >= 0.6 is 0 Å². The Morgan fingerprint density at radius 1 is 1.18 bits per heavy atom. The minimum atomic E-state index is -0.103. The molecule has 0 radical (unpaired) electrons. The molecule has 1 aliphatic carbocycles. The zero-order valence-electron chi connectivity index (χ0n) is 11.5. The lowest BCUT2D eigenvalue weighted by Crippen LogP contribution is -2.96. The van der Waals surface area contributed by atoms with Crippen molar-refractivity contribution in [2.75, 3.05) is 6.54 Å². The molecule has 1 saturated heterocycles. The van der Waals surface area contributed by atoms with Gasteiger partial charge in [0.05, 0.1) is 6.54 Å². The lowest BCUT2D eigenvalue weighted by Gasteiger charge is -2.37. The summed E-state index contributed by atoms with van der Waals surface area (Å²) in [7, 11) is 0. The standard InChI is InChI=1S/C14H26N2O/c1-14(2,3)16-13(17)12-8-10-6-4-5-7-11(10)9-15-12/h10-12,15H,4-9H2,1-3H3,(H,16,17)/p+1/t10-,11-,12-/m0/s1. The molecule has 0 aromatic carbocycles. The Hall–Kier alpha value is -0.570. The summed E-state index contributed by atoms with van der Waals surface area (Å²) in [6, 6.07) is 0.161. The Kier molecular flexibility index (Phi) is 3.76. The van der Waals surface area contributed by atoms with Crippen LogP contribution in [0.3, 0.4) is 0 Å². The van der Waals surface area contributed by atoms with Crippen molar-refractivity contribution >= 4 is 5.91 Å². The number of amides is 1. The molecular formula is C14H27N2O+. The van der Waals surface area contributed by atoms with Crippen molar-refractivity contribution < 1.29 is 10.1 Å². The van der Waals surface area contributed by atoms with Crippen LogP contribution in [0.2, 0.25) is 0 Å². The van der Waals surface area contributed by atoms with Gasteiger partial charge in [0.1, 0.15) is 0 Å². The molecule has 2 fully saturated rings. The molecule has 1 saturated carbocycles. The minimum Gasteiger partial charge on any atom is -0.346 e. The van der Waals surface area contributed by atoms with Crippen molar-refractivity contribution in [1.82, 2.24) is 5.32 Å². The number of quaternary nitrogens is 1. The van der Waals surface area contributed by atoms with Crippen LogP contribution in [-0.2, 0) is 4.79 Å². The average Bonchev–Trinajstić information content (AvgIpc) is 2.26. The maximum Gasteiger partial charge on any atom is 0.278 e. The molecule has 1 aliphatic heterocycles. The highest BCUT2D eigenvalue weighted by Crippen LogP contribution is 2.33. The van der Waals surface area contributed by atoms with Crippen LogP contribution < -0.4 is 10.6 Å². The molecule has 0 bridgehead atoms. The van der Waals surface area contributed by atoms with Gasteiger partial charge in [0.25, 0.3) is 5.91 Å². The van der Waals surface area contributed by atoms with Crippen LogP contribution in [0.25, 0.3) is 0 Å². The molecular weight excluding hydrogens is 212 g/mol. The van der Waals surface area contributed by atoms with Gasteiger partial charge in [-0.25, -0.2) is 0 Å². The van der Waals surface area contributed by atoms with Gasteiger partial charge in [-0.3, -0.25) is 4.79 Å². The number of carbonyl (C=O) groups excluding carboxylic acids is 1. The number of hydrogen-bond donors (Lipinski definition) is 2. The number of nitrogens with one attached hydrogen (secondary N) is 1. The van der Waals surface area contributed by atoms with Crippen molar-refractivity contribution in [1.29, 1.82) is 0 Å². The first kappa shape index (κ1) is 12.9. The fraction of sp³-hybridized carbons (Fsp3) is 0.929. The van der Waals surface area contributed by atoms with Crippen LogP contribution in [0.5, 0.6) is 0 Å². The van der Waals surface area contributed by atoms with Gasteiger partial charge in [0.2, 0.25) is 0 Å².